The Morgan fingerprint density at radius 1 is 0.588 bits per heavy atom. The number of piperidine rings is 2. The molecule has 4 aromatic heterocycles. The molecule has 4 aliphatic heterocycles. The SMILES string of the molecule is C.Cc1cn2nc([C@@H]3CCCCN3C(=O)c3cc(Cl)ccc3NS(C)(=O)=O)cc2nc1Cl.Cc1cn2nc([C@@H]3CCCCN3C(=O)c3cc(Cl)ccc3NS(C)(=O)=O)cc2nc1N1CCC(c2ccccc2)C1.Cl.c1ccc(C2CCNC2)cc1. The van der Waals surface area contributed by atoms with Crippen LogP contribution in [0.25, 0.3) is 11.3 Å². The van der Waals surface area contributed by atoms with Gasteiger partial charge in [-0.25, -0.2) is 35.8 Å². The van der Waals surface area contributed by atoms with Crippen molar-refractivity contribution in [2.45, 2.75) is 96.6 Å². The monoisotopic (exact) mass is 1270 g/mol. The van der Waals surface area contributed by atoms with Gasteiger partial charge in [0.2, 0.25) is 20.0 Å². The molecule has 4 aromatic carbocycles. The van der Waals surface area contributed by atoms with Crippen LogP contribution in [0.4, 0.5) is 17.2 Å². The second-order valence-corrected chi connectivity index (χ2v) is 26.5. The molecular formula is C61H72Cl4N12O6S2. The number of rotatable bonds is 11. The van der Waals surface area contributed by atoms with Gasteiger partial charge in [-0.3, -0.25) is 19.0 Å². The zero-order valence-electron chi connectivity index (χ0n) is 47.1. The van der Waals surface area contributed by atoms with Crippen LogP contribution in [0, 0.1) is 13.8 Å². The largest absolute Gasteiger partial charge is 0.356 e. The second kappa shape index (κ2) is 27.9. The van der Waals surface area contributed by atoms with Crippen molar-refractivity contribution >= 4 is 108 Å². The summed E-state index contributed by atoms with van der Waals surface area (Å²) in [5.41, 5.74) is 8.34. The Balaban J connectivity index is 0.000000188. The third-order valence-electron chi connectivity index (χ3n) is 15.5. The van der Waals surface area contributed by atoms with Crippen LogP contribution in [0.3, 0.4) is 0 Å². The average molecular weight is 1280 g/mol. The molecule has 3 N–H and O–H groups in total. The maximum Gasteiger partial charge on any atom is 0.256 e. The van der Waals surface area contributed by atoms with Crippen molar-refractivity contribution in [1.82, 2.24) is 44.3 Å². The molecule has 4 saturated heterocycles. The minimum atomic E-state index is -3.59. The minimum Gasteiger partial charge on any atom is -0.356 e. The molecule has 0 bridgehead atoms. The number of anilines is 3. The fraction of sp³-hybridized carbons (Fsp3) is 0.377. The van der Waals surface area contributed by atoms with Gasteiger partial charge in [-0.2, -0.15) is 10.2 Å². The number of benzene rings is 4. The summed E-state index contributed by atoms with van der Waals surface area (Å²) in [5.74, 6) is 1.61. The number of sulfonamides is 2. The van der Waals surface area contributed by atoms with Gasteiger partial charge >= 0.3 is 0 Å². The first kappa shape index (κ1) is 64.5. The highest BCUT2D eigenvalue weighted by molar-refractivity contribution is 7.92. The van der Waals surface area contributed by atoms with Gasteiger partial charge in [0.15, 0.2) is 11.3 Å². The first-order valence-corrected chi connectivity index (χ1v) is 32.8. The van der Waals surface area contributed by atoms with Gasteiger partial charge < -0.3 is 20.0 Å². The van der Waals surface area contributed by atoms with Crippen molar-refractivity contribution in [2.75, 3.05) is 66.1 Å². The molecule has 4 aliphatic rings. The topological polar surface area (TPSA) is 209 Å². The van der Waals surface area contributed by atoms with Gasteiger partial charge in [0.1, 0.15) is 11.0 Å². The lowest BCUT2D eigenvalue weighted by Crippen LogP contribution is -2.39. The molecule has 4 atom stereocenters. The molecule has 2 amide bonds. The van der Waals surface area contributed by atoms with Crippen LogP contribution in [-0.4, -0.2) is 119 Å². The molecule has 4 fully saturated rings. The summed E-state index contributed by atoms with van der Waals surface area (Å²) in [6.07, 6.45) is 13.4. The minimum absolute atomic E-state index is 0. The highest BCUT2D eigenvalue weighted by atomic mass is 35.5. The van der Waals surface area contributed by atoms with E-state index < -0.39 is 20.0 Å². The normalized spacial score (nSPS) is 18.8. The van der Waals surface area contributed by atoms with E-state index in [2.05, 4.69) is 97.3 Å². The van der Waals surface area contributed by atoms with E-state index in [1.807, 2.05) is 25.3 Å². The maximum absolute atomic E-state index is 13.9. The summed E-state index contributed by atoms with van der Waals surface area (Å²) in [4.78, 5) is 42.6. The molecule has 8 heterocycles. The Morgan fingerprint density at radius 3 is 1.55 bits per heavy atom. The summed E-state index contributed by atoms with van der Waals surface area (Å²) in [6.45, 7) is 9.17. The average Bonchev–Trinajstić information content (AvgIpc) is 3.07. The van der Waals surface area contributed by atoms with Gasteiger partial charge in [0.25, 0.3) is 11.8 Å². The molecule has 0 saturated carbocycles. The third-order valence-corrected chi connectivity index (χ3v) is 17.6. The second-order valence-electron chi connectivity index (χ2n) is 21.8. The van der Waals surface area contributed by atoms with Crippen LogP contribution < -0.4 is 19.7 Å². The maximum atomic E-state index is 13.9. The zero-order chi connectivity index (χ0) is 58.6. The van der Waals surface area contributed by atoms with Crippen molar-refractivity contribution in [3.63, 3.8) is 0 Å². The molecule has 0 radical (unpaired) electrons. The van der Waals surface area contributed by atoms with E-state index in [-0.39, 0.29) is 66.2 Å². The number of fused-ring (bicyclic) bond motifs is 2. The third kappa shape index (κ3) is 15.7. The highest BCUT2D eigenvalue weighted by Gasteiger charge is 2.35. The number of amides is 2. The number of nitrogens with zero attached hydrogens (tertiary/aromatic N) is 9. The molecule has 0 spiro atoms. The summed E-state index contributed by atoms with van der Waals surface area (Å²) in [6, 6.07) is 33.8. The Labute approximate surface area is 519 Å². The van der Waals surface area contributed by atoms with Gasteiger partial charge in [-0.1, -0.05) is 103 Å². The molecule has 0 aliphatic carbocycles. The Hall–Kier alpha value is -6.52. The number of hydrogen-bond acceptors (Lipinski definition) is 12. The highest BCUT2D eigenvalue weighted by Crippen LogP contribution is 2.38. The van der Waals surface area contributed by atoms with Crippen LogP contribution in [0.2, 0.25) is 15.2 Å². The van der Waals surface area contributed by atoms with Crippen LogP contribution in [0.5, 0.6) is 0 Å². The number of aromatic nitrogens is 6. The number of hydrogen-bond donors (Lipinski definition) is 3. The molecule has 452 valence electrons. The molecule has 12 rings (SSSR count). The predicted octanol–water partition coefficient (Wildman–Crippen LogP) is 12.3. The van der Waals surface area contributed by atoms with Crippen molar-refractivity contribution in [1.29, 1.82) is 0 Å². The molecule has 18 nitrogen and oxygen atoms in total. The van der Waals surface area contributed by atoms with Gasteiger partial charge in [-0.05, 0) is 125 Å². The van der Waals surface area contributed by atoms with E-state index in [1.54, 1.807) is 37.2 Å². The number of likely N-dealkylation sites (tertiary alicyclic amines) is 2. The van der Waals surface area contributed by atoms with E-state index in [0.29, 0.717) is 45.5 Å². The van der Waals surface area contributed by atoms with E-state index in [4.69, 9.17) is 44.9 Å². The van der Waals surface area contributed by atoms with E-state index in [1.165, 1.54) is 48.4 Å². The zero-order valence-corrected chi connectivity index (χ0v) is 51.8. The lowest BCUT2D eigenvalue weighted by atomic mass is 9.98. The number of carbonyl (C=O) groups excluding carboxylic acids is 2. The Kier molecular flexibility index (Phi) is 21.2. The number of aryl methyl sites for hydroxylation is 2. The number of carbonyl (C=O) groups is 2. The quantitative estimate of drug-likeness (QED) is 0.103. The van der Waals surface area contributed by atoms with Gasteiger partial charge in [0, 0.05) is 84.3 Å². The smallest absolute Gasteiger partial charge is 0.256 e. The first-order chi connectivity index (χ1) is 39.7. The van der Waals surface area contributed by atoms with Gasteiger partial charge in [-0.15, -0.1) is 12.4 Å². The van der Waals surface area contributed by atoms with Crippen molar-refractivity contribution in [3.05, 3.63) is 182 Å². The van der Waals surface area contributed by atoms with Crippen LogP contribution >= 0.6 is 47.2 Å². The Bertz CT molecular complexity index is 3850. The number of halogens is 4. The molecular weight excluding hydrogens is 1200 g/mol. The molecule has 8 aromatic rings. The Morgan fingerprint density at radius 2 is 1.07 bits per heavy atom. The molecule has 85 heavy (non-hydrogen) atoms. The predicted molar refractivity (Wildman–Crippen MR) is 342 cm³/mol. The van der Waals surface area contributed by atoms with Crippen LogP contribution in [0.15, 0.2) is 122 Å². The lowest BCUT2D eigenvalue weighted by Gasteiger charge is -2.35. The first-order valence-electron chi connectivity index (χ1n) is 27.9. The summed E-state index contributed by atoms with van der Waals surface area (Å²) < 4.78 is 55.8. The van der Waals surface area contributed by atoms with Crippen molar-refractivity contribution in [3.8, 4) is 0 Å². The lowest BCUT2D eigenvalue weighted by molar-refractivity contribution is 0.0600. The summed E-state index contributed by atoms with van der Waals surface area (Å²) in [7, 11) is -7.15. The number of nitrogens with one attached hydrogen (secondary N) is 3. The van der Waals surface area contributed by atoms with Gasteiger partial charge in [0.05, 0.1) is 58.5 Å². The van der Waals surface area contributed by atoms with Crippen molar-refractivity contribution < 1.29 is 26.4 Å². The van der Waals surface area contributed by atoms with Crippen LogP contribution in [0.1, 0.15) is 137 Å². The standard InChI is InChI=1S/C30H33ClN6O3S.C20H21Cl2N5O3S.C10H13N.CH4.ClH/c1-20-18-37-28(32-29(20)35-15-13-22(19-35)21-8-4-3-5-9-21)17-26(33-37)27-10-6-7-14-36(27)30(38)24-16-23(31)11-12-25(24)34-41(2,39)40;1-12-11-27-18(23-19(12)22)10-16(24-27)17-5-3-4-8-26(17)20(28)14-9-13(21)6-7-15(14)25-31(2,29)30;1-2-4-9(5-3-1)10-6-7-11-8-10;;/h3-5,8-9,11-12,16-18,22,27,34H,6-7,10,13-15,19H2,1-2H3;6-7,9-11,17,25H,3-5,8H2,1-2H3;1-5,10-11H,6-8H2;1H4;1H/t22?,27-;17-;;;/m00.../s1. The fourth-order valence-electron chi connectivity index (χ4n) is 11.5. The van der Waals surface area contributed by atoms with E-state index in [9.17, 15) is 26.4 Å². The van der Waals surface area contributed by atoms with Crippen molar-refractivity contribution in [2.24, 2.45) is 0 Å². The molecule has 24 heteroatoms. The summed E-state index contributed by atoms with van der Waals surface area (Å²) in [5, 5.41) is 14.0. The summed E-state index contributed by atoms with van der Waals surface area (Å²) >= 11 is 18.5. The van der Waals surface area contributed by atoms with Crippen LogP contribution in [-0.2, 0) is 20.0 Å². The fourth-order valence-corrected chi connectivity index (χ4v) is 13.2. The molecule has 2 unspecified atom stereocenters. The van der Waals surface area contributed by atoms with E-state index >= 15 is 0 Å². The van der Waals surface area contributed by atoms with E-state index in [0.717, 1.165) is 111 Å².